The van der Waals surface area contributed by atoms with Crippen LogP contribution in [0.1, 0.15) is 32.1 Å². The van der Waals surface area contributed by atoms with Gasteiger partial charge in [0.2, 0.25) is 17.7 Å². The van der Waals surface area contributed by atoms with Gasteiger partial charge in [0.25, 0.3) is 0 Å². The zero-order valence-electron chi connectivity index (χ0n) is 13.1. The second-order valence-electron chi connectivity index (χ2n) is 6.25. The lowest BCUT2D eigenvalue weighted by Gasteiger charge is -2.19. The van der Waals surface area contributed by atoms with Crippen LogP contribution in [0.15, 0.2) is 18.2 Å². The van der Waals surface area contributed by atoms with E-state index in [4.69, 9.17) is 0 Å². The number of nitrogens with one attached hydrogen (secondary N) is 1. The molecule has 1 saturated carbocycles. The summed E-state index contributed by atoms with van der Waals surface area (Å²) in [4.78, 5) is 37.6. The van der Waals surface area contributed by atoms with Crippen molar-refractivity contribution in [3.05, 3.63) is 29.8 Å². The fraction of sp³-hybridized carbons (Fsp3) is 0.471. The van der Waals surface area contributed by atoms with Crippen molar-refractivity contribution < 1.29 is 23.2 Å². The minimum Gasteiger partial charge on any atom is -0.323 e. The summed E-state index contributed by atoms with van der Waals surface area (Å²) < 4.78 is 26.6. The standard InChI is InChI=1S/C17H18F2N2O3/c18-10-5-6-13(19)14(9-10)20-15(22)7-8-21-16(23)11-3-1-2-4-12(11)17(21)24/h5-6,9,11-12H,1-4,7-8H2,(H,20,22)/t11-,12+. The van der Waals surface area contributed by atoms with Gasteiger partial charge in [0, 0.05) is 19.0 Å². The summed E-state index contributed by atoms with van der Waals surface area (Å²) >= 11 is 0. The summed E-state index contributed by atoms with van der Waals surface area (Å²) in [5, 5.41) is 2.26. The molecule has 1 aliphatic heterocycles. The van der Waals surface area contributed by atoms with E-state index in [1.807, 2.05) is 0 Å². The van der Waals surface area contributed by atoms with E-state index in [0.29, 0.717) is 12.8 Å². The number of halogens is 2. The molecule has 1 heterocycles. The molecular weight excluding hydrogens is 318 g/mol. The van der Waals surface area contributed by atoms with Crippen LogP contribution in [0.2, 0.25) is 0 Å². The Hall–Kier alpha value is -2.31. The van der Waals surface area contributed by atoms with Crippen molar-refractivity contribution in [2.45, 2.75) is 32.1 Å². The second-order valence-corrected chi connectivity index (χ2v) is 6.25. The van der Waals surface area contributed by atoms with Crippen molar-refractivity contribution >= 4 is 23.4 Å². The lowest BCUT2D eigenvalue weighted by Crippen LogP contribution is -2.34. The second kappa shape index (κ2) is 6.67. The Morgan fingerprint density at radius 1 is 1.12 bits per heavy atom. The van der Waals surface area contributed by atoms with Crippen LogP contribution in [-0.4, -0.2) is 29.2 Å². The van der Waals surface area contributed by atoms with Gasteiger partial charge in [0.05, 0.1) is 17.5 Å². The first kappa shape index (κ1) is 16.5. The van der Waals surface area contributed by atoms with Gasteiger partial charge in [-0.15, -0.1) is 0 Å². The number of carbonyl (C=O) groups is 3. The minimum atomic E-state index is -0.746. The number of hydrogen-bond donors (Lipinski definition) is 1. The van der Waals surface area contributed by atoms with Gasteiger partial charge in [-0.05, 0) is 25.0 Å². The average Bonchev–Trinajstić information content (AvgIpc) is 2.81. The lowest BCUT2D eigenvalue weighted by molar-refractivity contribution is -0.140. The molecule has 1 N–H and O–H groups in total. The highest BCUT2D eigenvalue weighted by molar-refractivity contribution is 6.05. The van der Waals surface area contributed by atoms with E-state index in [1.165, 1.54) is 0 Å². The Morgan fingerprint density at radius 3 is 2.38 bits per heavy atom. The van der Waals surface area contributed by atoms with Crippen LogP contribution in [0.5, 0.6) is 0 Å². The number of hydrogen-bond acceptors (Lipinski definition) is 3. The number of nitrogens with zero attached hydrogens (tertiary/aromatic N) is 1. The Labute approximate surface area is 138 Å². The minimum absolute atomic E-state index is 0.0343. The Balaban J connectivity index is 1.59. The number of benzene rings is 1. The van der Waals surface area contributed by atoms with Gasteiger partial charge in [-0.2, -0.15) is 0 Å². The van der Waals surface area contributed by atoms with Crippen molar-refractivity contribution in [3.63, 3.8) is 0 Å². The fourth-order valence-electron chi connectivity index (χ4n) is 3.47. The zero-order chi connectivity index (χ0) is 17.3. The van der Waals surface area contributed by atoms with E-state index >= 15 is 0 Å². The monoisotopic (exact) mass is 336 g/mol. The molecule has 2 atom stereocenters. The molecule has 2 fully saturated rings. The van der Waals surface area contributed by atoms with Crippen molar-refractivity contribution in [1.29, 1.82) is 0 Å². The Bertz CT molecular complexity index is 668. The SMILES string of the molecule is O=C(CCN1C(=O)[C@H]2CCCC[C@H]2C1=O)Nc1cc(F)ccc1F. The number of anilines is 1. The zero-order valence-corrected chi connectivity index (χ0v) is 13.1. The van der Waals surface area contributed by atoms with E-state index < -0.39 is 17.5 Å². The molecule has 1 saturated heterocycles. The van der Waals surface area contributed by atoms with E-state index in [0.717, 1.165) is 35.9 Å². The molecule has 0 bridgehead atoms. The molecule has 1 aromatic rings. The summed E-state index contributed by atoms with van der Waals surface area (Å²) in [5.41, 5.74) is -0.257. The van der Waals surface area contributed by atoms with E-state index in [-0.39, 0.29) is 42.3 Å². The van der Waals surface area contributed by atoms with Crippen LogP contribution in [0.3, 0.4) is 0 Å². The smallest absolute Gasteiger partial charge is 0.233 e. The van der Waals surface area contributed by atoms with Gasteiger partial charge in [-0.1, -0.05) is 12.8 Å². The topological polar surface area (TPSA) is 66.5 Å². The van der Waals surface area contributed by atoms with Gasteiger partial charge in [-0.25, -0.2) is 8.78 Å². The third kappa shape index (κ3) is 3.16. The molecule has 0 aromatic heterocycles. The molecule has 0 unspecified atom stereocenters. The van der Waals surface area contributed by atoms with Crippen LogP contribution in [0.25, 0.3) is 0 Å². The average molecular weight is 336 g/mol. The van der Waals surface area contributed by atoms with Crippen LogP contribution in [-0.2, 0) is 14.4 Å². The maximum Gasteiger partial charge on any atom is 0.233 e. The van der Waals surface area contributed by atoms with Crippen LogP contribution < -0.4 is 5.32 Å². The van der Waals surface area contributed by atoms with Crippen LogP contribution in [0, 0.1) is 23.5 Å². The van der Waals surface area contributed by atoms with Crippen LogP contribution in [0.4, 0.5) is 14.5 Å². The Kier molecular flexibility index (Phi) is 4.59. The van der Waals surface area contributed by atoms with Gasteiger partial charge in [0.1, 0.15) is 11.6 Å². The molecule has 128 valence electrons. The van der Waals surface area contributed by atoms with E-state index in [1.54, 1.807) is 0 Å². The molecule has 24 heavy (non-hydrogen) atoms. The Morgan fingerprint density at radius 2 is 1.75 bits per heavy atom. The highest BCUT2D eigenvalue weighted by Crippen LogP contribution is 2.37. The lowest BCUT2D eigenvalue weighted by atomic mass is 9.81. The molecule has 2 aliphatic rings. The number of carbonyl (C=O) groups excluding carboxylic acids is 3. The quantitative estimate of drug-likeness (QED) is 0.859. The molecule has 0 spiro atoms. The van der Waals surface area contributed by atoms with Gasteiger partial charge in [0.15, 0.2) is 0 Å². The maximum absolute atomic E-state index is 13.5. The third-order valence-corrected chi connectivity index (χ3v) is 4.70. The van der Waals surface area contributed by atoms with Gasteiger partial charge < -0.3 is 5.32 Å². The fourth-order valence-corrected chi connectivity index (χ4v) is 3.47. The molecule has 1 aliphatic carbocycles. The molecule has 5 nitrogen and oxygen atoms in total. The summed E-state index contributed by atoms with van der Waals surface area (Å²) in [7, 11) is 0. The highest BCUT2D eigenvalue weighted by atomic mass is 19.1. The maximum atomic E-state index is 13.5. The molecule has 3 amide bonds. The first-order valence-electron chi connectivity index (χ1n) is 8.07. The number of imide groups is 1. The van der Waals surface area contributed by atoms with Crippen LogP contribution >= 0.6 is 0 Å². The van der Waals surface area contributed by atoms with E-state index in [9.17, 15) is 23.2 Å². The molecule has 1 aromatic carbocycles. The van der Waals surface area contributed by atoms with Crippen molar-refractivity contribution in [2.75, 3.05) is 11.9 Å². The van der Waals surface area contributed by atoms with Crippen molar-refractivity contribution in [3.8, 4) is 0 Å². The number of rotatable bonds is 4. The first-order chi connectivity index (χ1) is 11.5. The summed E-state index contributed by atoms with van der Waals surface area (Å²) in [6.07, 6.45) is 3.16. The summed E-state index contributed by atoms with van der Waals surface area (Å²) in [5.74, 6) is -2.92. The summed E-state index contributed by atoms with van der Waals surface area (Å²) in [6.45, 7) is -0.0343. The van der Waals surface area contributed by atoms with E-state index in [2.05, 4.69) is 5.32 Å². The van der Waals surface area contributed by atoms with Gasteiger partial charge >= 0.3 is 0 Å². The van der Waals surface area contributed by atoms with Gasteiger partial charge in [-0.3, -0.25) is 19.3 Å². The molecule has 0 radical (unpaired) electrons. The predicted molar refractivity (Wildman–Crippen MR) is 81.8 cm³/mol. The number of amides is 3. The number of fused-ring (bicyclic) bond motifs is 1. The first-order valence-corrected chi connectivity index (χ1v) is 8.07. The number of likely N-dealkylation sites (tertiary alicyclic amines) is 1. The van der Waals surface area contributed by atoms with Crippen molar-refractivity contribution in [2.24, 2.45) is 11.8 Å². The molecule has 3 rings (SSSR count). The normalized spacial score (nSPS) is 23.3. The highest BCUT2D eigenvalue weighted by Gasteiger charge is 2.47. The molecule has 7 heteroatoms. The summed E-state index contributed by atoms with van der Waals surface area (Å²) in [6, 6.07) is 2.76. The van der Waals surface area contributed by atoms with Crippen molar-refractivity contribution in [1.82, 2.24) is 4.90 Å². The predicted octanol–water partition coefficient (Wildman–Crippen LogP) is 2.47. The molecular formula is C17H18F2N2O3. The largest absolute Gasteiger partial charge is 0.323 e. The third-order valence-electron chi connectivity index (χ3n) is 4.70.